The number of ether oxygens (including phenoxy) is 3. The maximum Gasteiger partial charge on any atom is 0.306 e. The van der Waals surface area contributed by atoms with Crippen molar-refractivity contribution in [3.63, 3.8) is 0 Å². The van der Waals surface area contributed by atoms with Gasteiger partial charge in [-0.15, -0.1) is 0 Å². The molecule has 71 heavy (non-hydrogen) atoms. The molecule has 6 nitrogen and oxygen atoms in total. The molecule has 0 aliphatic heterocycles. The van der Waals surface area contributed by atoms with Crippen LogP contribution < -0.4 is 0 Å². The normalized spacial score (nSPS) is 13.0. The second-order valence-corrected chi connectivity index (χ2v) is 18.8. The molecule has 0 aliphatic carbocycles. The van der Waals surface area contributed by atoms with Crippen LogP contribution in [0, 0.1) is 0 Å². The average molecular weight is 984 g/mol. The summed E-state index contributed by atoms with van der Waals surface area (Å²) in [6.45, 7) is 6.41. The molecule has 0 saturated carbocycles. The number of unbranched alkanes of at least 4 members (excludes halogenated alkanes) is 20. The van der Waals surface area contributed by atoms with Crippen LogP contribution in [0.4, 0.5) is 0 Å². The first-order chi connectivity index (χ1) is 35.0. The molecule has 402 valence electrons. The fraction of sp³-hybridized carbons (Fsp3) is 0.646. The molecule has 0 bridgehead atoms. The molecule has 0 aliphatic rings. The van der Waals surface area contributed by atoms with Gasteiger partial charge in [0.2, 0.25) is 0 Å². The first-order valence-electron chi connectivity index (χ1n) is 29.0. The van der Waals surface area contributed by atoms with Gasteiger partial charge in [-0.05, 0) is 122 Å². The predicted molar refractivity (Wildman–Crippen MR) is 306 cm³/mol. The Morgan fingerprint density at radius 1 is 0.296 bits per heavy atom. The lowest BCUT2D eigenvalue weighted by Gasteiger charge is -2.18. The Labute approximate surface area is 437 Å². The smallest absolute Gasteiger partial charge is 0.306 e. The quantitative estimate of drug-likeness (QED) is 0.0261. The van der Waals surface area contributed by atoms with Gasteiger partial charge in [0.1, 0.15) is 13.2 Å². The van der Waals surface area contributed by atoms with Crippen LogP contribution in [0.5, 0.6) is 0 Å². The molecule has 1 atom stereocenters. The van der Waals surface area contributed by atoms with Gasteiger partial charge in [0.05, 0.1) is 0 Å². The fourth-order valence-corrected chi connectivity index (χ4v) is 7.58. The van der Waals surface area contributed by atoms with Crippen molar-refractivity contribution in [3.8, 4) is 0 Å². The Kier molecular flexibility index (Phi) is 54.9. The van der Waals surface area contributed by atoms with Gasteiger partial charge in [-0.2, -0.15) is 0 Å². The van der Waals surface area contributed by atoms with Crippen LogP contribution in [0.2, 0.25) is 0 Å². The SMILES string of the molecule is CC/C=C\C/C=C\C/C=C\C/C=C\CCCCCCCCC(=O)OCC(COC(=O)CCC/C=C\C/C=C\C/C=C\CCCCCCCC)OC(=O)CCC/C=C\C/C=C\C/C=C\CCCCCCCC. The topological polar surface area (TPSA) is 78.9 Å². The summed E-state index contributed by atoms with van der Waals surface area (Å²) >= 11 is 0. The van der Waals surface area contributed by atoms with E-state index < -0.39 is 6.10 Å². The molecule has 0 heterocycles. The molecule has 0 fully saturated rings. The van der Waals surface area contributed by atoms with Gasteiger partial charge in [-0.25, -0.2) is 0 Å². The maximum atomic E-state index is 12.8. The van der Waals surface area contributed by atoms with E-state index in [4.69, 9.17) is 14.2 Å². The third-order valence-electron chi connectivity index (χ3n) is 11.9. The summed E-state index contributed by atoms with van der Waals surface area (Å²) < 4.78 is 16.8. The van der Waals surface area contributed by atoms with Crippen molar-refractivity contribution in [2.24, 2.45) is 0 Å². The molecule has 6 heteroatoms. The highest BCUT2D eigenvalue weighted by molar-refractivity contribution is 5.71. The van der Waals surface area contributed by atoms with E-state index in [2.05, 4.69) is 142 Å². The molecule has 0 aromatic carbocycles. The molecule has 0 aromatic rings. The van der Waals surface area contributed by atoms with Crippen LogP contribution in [0.1, 0.15) is 252 Å². The summed E-state index contributed by atoms with van der Waals surface area (Å²) in [5.41, 5.74) is 0. The Hall–Kier alpha value is -4.19. The average Bonchev–Trinajstić information content (AvgIpc) is 3.37. The maximum absolute atomic E-state index is 12.8. The number of allylic oxidation sites excluding steroid dienone is 20. The minimum atomic E-state index is -0.835. The van der Waals surface area contributed by atoms with Crippen molar-refractivity contribution in [1.82, 2.24) is 0 Å². The lowest BCUT2D eigenvalue weighted by Crippen LogP contribution is -2.30. The Morgan fingerprint density at radius 3 is 0.915 bits per heavy atom. The van der Waals surface area contributed by atoms with Crippen LogP contribution in [0.15, 0.2) is 122 Å². The van der Waals surface area contributed by atoms with Crippen LogP contribution in [-0.2, 0) is 28.6 Å². The molecular weight excluding hydrogens is 877 g/mol. The zero-order valence-electron chi connectivity index (χ0n) is 45.9. The lowest BCUT2D eigenvalue weighted by molar-refractivity contribution is -0.167. The van der Waals surface area contributed by atoms with Crippen LogP contribution in [0.3, 0.4) is 0 Å². The summed E-state index contributed by atoms with van der Waals surface area (Å²) in [6.07, 6.45) is 80.6. The van der Waals surface area contributed by atoms with E-state index in [1.165, 1.54) is 103 Å². The molecule has 0 amide bonds. The Bertz CT molecular complexity index is 1500. The first-order valence-corrected chi connectivity index (χ1v) is 29.0. The molecule has 0 N–H and O–H groups in total. The van der Waals surface area contributed by atoms with Crippen LogP contribution in [0.25, 0.3) is 0 Å². The molecule has 0 rings (SSSR count). The third kappa shape index (κ3) is 56.6. The molecular formula is C65H106O6. The van der Waals surface area contributed by atoms with E-state index in [-0.39, 0.29) is 44.0 Å². The van der Waals surface area contributed by atoms with Crippen molar-refractivity contribution in [2.75, 3.05) is 13.2 Å². The Morgan fingerprint density at radius 2 is 0.563 bits per heavy atom. The van der Waals surface area contributed by atoms with E-state index in [0.717, 1.165) is 96.3 Å². The van der Waals surface area contributed by atoms with Crippen molar-refractivity contribution < 1.29 is 28.6 Å². The van der Waals surface area contributed by atoms with E-state index in [1.54, 1.807) is 0 Å². The standard InChI is InChI=1S/C65H106O6/c1-4-7-10-13-16-19-22-25-28-31-32-35-37-40-43-46-49-52-55-58-64(67)70-61-62(71-65(68)59-56-53-50-47-44-41-38-34-30-27-24-21-18-15-12-9-6-3)60-69-63(66)57-54-51-48-45-42-39-36-33-29-26-23-20-17-14-11-8-5-2/h7,10,16,19,25-30,32,35-36,38-39,41,45,47-48,50,62H,4-6,8-9,11-15,17-18,20-24,31,33-34,37,40,42-44,46,49,51-61H2,1-3H3/b10-7-,19-16-,28-25-,29-26-,30-27-,35-32-,39-36-,41-38-,48-45-,50-47-. The van der Waals surface area contributed by atoms with E-state index >= 15 is 0 Å². The highest BCUT2D eigenvalue weighted by atomic mass is 16.6. The summed E-state index contributed by atoms with van der Waals surface area (Å²) in [6, 6.07) is 0. The zero-order valence-corrected chi connectivity index (χ0v) is 45.9. The van der Waals surface area contributed by atoms with Gasteiger partial charge in [0.15, 0.2) is 6.10 Å². The number of carbonyl (C=O) groups is 3. The molecule has 0 saturated heterocycles. The Balaban J connectivity index is 4.57. The third-order valence-corrected chi connectivity index (χ3v) is 11.9. The van der Waals surface area contributed by atoms with Crippen molar-refractivity contribution in [1.29, 1.82) is 0 Å². The first kappa shape index (κ1) is 66.8. The largest absolute Gasteiger partial charge is 0.462 e. The number of hydrogen-bond donors (Lipinski definition) is 0. The van der Waals surface area contributed by atoms with Crippen LogP contribution in [-0.4, -0.2) is 37.2 Å². The van der Waals surface area contributed by atoms with Gasteiger partial charge >= 0.3 is 17.9 Å². The second kappa shape index (κ2) is 58.4. The molecule has 0 radical (unpaired) electrons. The minimum absolute atomic E-state index is 0.124. The monoisotopic (exact) mass is 983 g/mol. The number of rotatable bonds is 51. The summed E-state index contributed by atoms with van der Waals surface area (Å²) in [4.78, 5) is 38.1. The highest BCUT2D eigenvalue weighted by Crippen LogP contribution is 2.13. The van der Waals surface area contributed by atoms with Gasteiger partial charge in [0, 0.05) is 19.3 Å². The van der Waals surface area contributed by atoms with Crippen molar-refractivity contribution in [3.05, 3.63) is 122 Å². The second-order valence-electron chi connectivity index (χ2n) is 18.8. The van der Waals surface area contributed by atoms with Crippen LogP contribution >= 0.6 is 0 Å². The minimum Gasteiger partial charge on any atom is -0.462 e. The zero-order chi connectivity index (χ0) is 51.4. The van der Waals surface area contributed by atoms with E-state index in [0.29, 0.717) is 19.3 Å². The number of hydrogen-bond acceptors (Lipinski definition) is 6. The molecule has 0 aromatic heterocycles. The van der Waals surface area contributed by atoms with Gasteiger partial charge in [-0.3, -0.25) is 14.4 Å². The lowest BCUT2D eigenvalue weighted by atomic mass is 10.1. The molecule has 0 spiro atoms. The summed E-state index contributed by atoms with van der Waals surface area (Å²) in [7, 11) is 0. The number of esters is 3. The number of carbonyl (C=O) groups excluding carboxylic acids is 3. The van der Waals surface area contributed by atoms with Gasteiger partial charge < -0.3 is 14.2 Å². The van der Waals surface area contributed by atoms with Crippen molar-refractivity contribution in [2.45, 2.75) is 258 Å². The fourth-order valence-electron chi connectivity index (χ4n) is 7.58. The summed E-state index contributed by atoms with van der Waals surface area (Å²) in [5.74, 6) is -1.05. The van der Waals surface area contributed by atoms with Gasteiger partial charge in [0.25, 0.3) is 0 Å². The van der Waals surface area contributed by atoms with Crippen molar-refractivity contribution >= 4 is 17.9 Å². The highest BCUT2D eigenvalue weighted by Gasteiger charge is 2.19. The van der Waals surface area contributed by atoms with Gasteiger partial charge in [-0.1, -0.05) is 232 Å². The molecule has 1 unspecified atom stereocenters. The van der Waals surface area contributed by atoms with E-state index in [9.17, 15) is 14.4 Å². The van der Waals surface area contributed by atoms with E-state index in [1.807, 2.05) is 0 Å². The summed E-state index contributed by atoms with van der Waals surface area (Å²) in [5, 5.41) is 0. The predicted octanol–water partition coefficient (Wildman–Crippen LogP) is 19.6.